The molecule has 3 saturated heterocycles. The van der Waals surface area contributed by atoms with Crippen LogP contribution in [0.3, 0.4) is 0 Å². The third-order valence-electron chi connectivity index (χ3n) is 16.1. The summed E-state index contributed by atoms with van der Waals surface area (Å²) in [5.41, 5.74) is 4.27. The molecule has 0 bridgehead atoms. The van der Waals surface area contributed by atoms with Crippen LogP contribution in [0.25, 0.3) is 10.4 Å². The molecule has 4 atom stereocenters. The van der Waals surface area contributed by atoms with Crippen molar-refractivity contribution in [1.29, 1.82) is 5.26 Å². The smallest absolute Gasteiger partial charge is 0.253 e. The zero-order valence-electron chi connectivity index (χ0n) is 45.0. The molecule has 75 heavy (non-hydrogen) atoms. The molecule has 3 aliphatic heterocycles. The molecule has 5 heterocycles. The molecule has 1 aliphatic carbocycles. The monoisotopic (exact) mass is 1060 g/mol. The summed E-state index contributed by atoms with van der Waals surface area (Å²) >= 11 is 7.86. The third kappa shape index (κ3) is 12.6. The second-order valence-corrected chi connectivity index (χ2v) is 24.7. The zero-order valence-corrected chi connectivity index (χ0v) is 46.6. The van der Waals surface area contributed by atoms with Crippen molar-refractivity contribution in [1.82, 2.24) is 40.6 Å². The van der Waals surface area contributed by atoms with Crippen LogP contribution in [0.2, 0.25) is 5.02 Å². The number of amides is 4. The van der Waals surface area contributed by atoms with Crippen LogP contribution in [0, 0.1) is 40.4 Å². The van der Waals surface area contributed by atoms with E-state index in [0.717, 1.165) is 92.6 Å². The fourth-order valence-corrected chi connectivity index (χ4v) is 13.0. The van der Waals surface area contributed by atoms with Gasteiger partial charge in [-0.05, 0) is 99.5 Å². The van der Waals surface area contributed by atoms with Crippen LogP contribution in [0.1, 0.15) is 114 Å². The van der Waals surface area contributed by atoms with Gasteiger partial charge >= 0.3 is 0 Å². The van der Waals surface area contributed by atoms with E-state index >= 15 is 0 Å². The predicted octanol–water partition coefficient (Wildman–Crippen LogP) is 7.24. The molecule has 0 spiro atoms. The highest BCUT2D eigenvalue weighted by Gasteiger charge is 2.64. The van der Waals surface area contributed by atoms with Gasteiger partial charge in [0.05, 0.1) is 50.9 Å². The van der Waals surface area contributed by atoms with Crippen LogP contribution < -0.4 is 25.6 Å². The number of nitrogens with one attached hydrogen (secondary N) is 3. The number of hydrogen-bond donors (Lipinski definition) is 4. The van der Waals surface area contributed by atoms with E-state index in [1.807, 2.05) is 76.5 Å². The highest BCUT2D eigenvalue weighted by molar-refractivity contribution is 7.13. The molecule has 2 aromatic carbocycles. The van der Waals surface area contributed by atoms with Gasteiger partial charge in [-0.1, -0.05) is 84.3 Å². The maximum absolute atomic E-state index is 14.3. The van der Waals surface area contributed by atoms with Gasteiger partial charge in [-0.3, -0.25) is 29.0 Å². The van der Waals surface area contributed by atoms with Crippen LogP contribution in [0.15, 0.2) is 66.3 Å². The second kappa shape index (κ2) is 22.9. The van der Waals surface area contributed by atoms with Crippen LogP contribution >= 0.6 is 22.9 Å². The number of thiazole rings is 1. The lowest BCUT2D eigenvalue weighted by atomic mass is 9.49. The lowest BCUT2D eigenvalue weighted by molar-refractivity contribution is -0.164. The van der Waals surface area contributed by atoms with E-state index < -0.39 is 23.6 Å². The van der Waals surface area contributed by atoms with Crippen LogP contribution in [-0.4, -0.2) is 143 Å². The Morgan fingerprint density at radius 3 is 2.23 bits per heavy atom. The van der Waals surface area contributed by atoms with Gasteiger partial charge < -0.3 is 35.6 Å². The van der Waals surface area contributed by atoms with Crippen molar-refractivity contribution >= 4 is 52.4 Å². The minimum absolute atomic E-state index is 0.0193. The van der Waals surface area contributed by atoms with Gasteiger partial charge in [0.2, 0.25) is 17.7 Å². The minimum atomic E-state index is -0.886. The number of nitriles is 1. The molecule has 2 aromatic heterocycles. The van der Waals surface area contributed by atoms with Gasteiger partial charge in [-0.25, -0.2) is 9.97 Å². The second-order valence-electron chi connectivity index (χ2n) is 23.4. The summed E-state index contributed by atoms with van der Waals surface area (Å²) in [6.45, 7) is 24.3. The third-order valence-corrected chi connectivity index (χ3v) is 17.4. The van der Waals surface area contributed by atoms with E-state index in [1.54, 1.807) is 35.7 Å². The number of aliphatic hydroxyl groups excluding tert-OH is 1. The Hall–Kier alpha value is -5.64. The first kappa shape index (κ1) is 55.6. The summed E-state index contributed by atoms with van der Waals surface area (Å²) in [6.07, 6.45) is 3.80. The van der Waals surface area contributed by atoms with Gasteiger partial charge in [-0.15, -0.1) is 11.3 Å². The van der Waals surface area contributed by atoms with Gasteiger partial charge in [0.15, 0.2) is 0 Å². The van der Waals surface area contributed by atoms with Gasteiger partial charge in [-0.2, -0.15) is 5.26 Å². The average Bonchev–Trinajstić information content (AvgIpc) is 4.00. The summed E-state index contributed by atoms with van der Waals surface area (Å²) in [7, 11) is 0. The lowest BCUT2D eigenvalue weighted by Gasteiger charge is -2.63. The summed E-state index contributed by atoms with van der Waals surface area (Å²) in [5, 5.41) is 29.7. The largest absolute Gasteiger partial charge is 0.489 e. The van der Waals surface area contributed by atoms with E-state index in [-0.39, 0.29) is 72.2 Å². The van der Waals surface area contributed by atoms with Crippen LogP contribution in [0.5, 0.6) is 5.75 Å². The number of halogens is 1. The number of piperidine rings is 1. The molecular formula is C57H75ClN10O6S. The van der Waals surface area contributed by atoms with E-state index in [2.05, 4.69) is 69.4 Å². The van der Waals surface area contributed by atoms with Crippen LogP contribution in [-0.2, 0) is 14.4 Å². The van der Waals surface area contributed by atoms with Crippen LogP contribution in [0.4, 0.5) is 5.82 Å². The standard InChI is InChI=1S/C57H75ClN10O6S/c1-35(38-10-12-39(13-11-38)48-36(2)61-34-75-48)62-51(72)45-28-42(69)32-68(45)52(73)49(55(3,4)5)63-47(70)33-66-22-19-37(20-23-66)18-21-65-24-26-67(27-25-65)46-17-15-41(31-60-46)50(71)64-53-56(6,7)54(57(53,8)9)74-43-16-14-40(30-59)44(58)29-43/h10-17,29,31,34-35,37,42,45,49,53-54,69H,18-28,32-33H2,1-9H3,(H,62,72)(H,63,70)(H,64,71)/t35-,42+,45?,49?,53?,54?/m0/s1. The number of anilines is 1. The van der Waals surface area contributed by atoms with Crippen molar-refractivity contribution in [2.45, 2.75) is 124 Å². The number of rotatable bonds is 16. The van der Waals surface area contributed by atoms with Gasteiger partial charge in [0.25, 0.3) is 5.91 Å². The van der Waals surface area contributed by atoms with Crippen molar-refractivity contribution in [3.8, 4) is 22.3 Å². The molecule has 4 N–H and O–H groups in total. The summed E-state index contributed by atoms with van der Waals surface area (Å²) in [6, 6.07) is 16.7. The van der Waals surface area contributed by atoms with E-state index in [1.165, 1.54) is 4.90 Å². The Balaban J connectivity index is 0.743. The van der Waals surface area contributed by atoms with Crippen molar-refractivity contribution < 1.29 is 29.0 Å². The van der Waals surface area contributed by atoms with E-state index in [0.29, 0.717) is 27.8 Å². The number of benzene rings is 2. The maximum atomic E-state index is 14.3. The van der Waals surface area contributed by atoms with Gasteiger partial charge in [0.1, 0.15) is 35.8 Å². The minimum Gasteiger partial charge on any atom is -0.489 e. The molecule has 4 amide bonds. The quantitative estimate of drug-likeness (QED) is 0.0880. The molecule has 4 aliphatic rings. The Labute approximate surface area is 451 Å². The van der Waals surface area contributed by atoms with Crippen molar-refractivity contribution in [2.75, 3.05) is 63.8 Å². The van der Waals surface area contributed by atoms with Gasteiger partial charge in [0, 0.05) is 68.3 Å². The number of aliphatic hydroxyl groups is 1. The first-order chi connectivity index (χ1) is 35.5. The Bertz CT molecular complexity index is 2710. The molecule has 4 fully saturated rings. The fraction of sp³-hybridized carbons (Fsp3) is 0.561. The summed E-state index contributed by atoms with van der Waals surface area (Å²) < 4.78 is 6.39. The first-order valence-electron chi connectivity index (χ1n) is 26.4. The summed E-state index contributed by atoms with van der Waals surface area (Å²) in [4.78, 5) is 73.8. The lowest BCUT2D eigenvalue weighted by Crippen LogP contribution is -2.74. The number of aromatic nitrogens is 2. The highest BCUT2D eigenvalue weighted by Crippen LogP contribution is 2.55. The van der Waals surface area contributed by atoms with E-state index in [9.17, 15) is 29.5 Å². The SMILES string of the molecule is Cc1ncsc1-c1ccc([C@H](C)NC(=O)C2C[C@@H](O)CN2C(=O)C(NC(=O)CN2CCC(CCN3CCN(c4ccc(C(=O)NC5C(C)(C)C(Oc6ccc(C#N)c(Cl)c6)C5(C)C)cn4)CC3)CC2)C(C)(C)C)cc1. The number of pyridine rings is 1. The molecule has 402 valence electrons. The Morgan fingerprint density at radius 2 is 1.63 bits per heavy atom. The number of carbonyl (C=O) groups excluding carboxylic acids is 4. The van der Waals surface area contributed by atoms with Crippen molar-refractivity contribution in [2.24, 2.45) is 22.2 Å². The van der Waals surface area contributed by atoms with E-state index in [4.69, 9.17) is 21.3 Å². The molecule has 4 aromatic rings. The molecular weight excluding hydrogens is 988 g/mol. The molecule has 2 unspecified atom stereocenters. The number of β-amino-alcohol motifs (C(OH)–C–C–N with tert-alkyl or cyclic N) is 1. The fourth-order valence-electron chi connectivity index (χ4n) is 11.9. The Morgan fingerprint density at radius 1 is 0.933 bits per heavy atom. The Kier molecular flexibility index (Phi) is 17.0. The summed E-state index contributed by atoms with van der Waals surface area (Å²) in [5.74, 6) is 0.890. The maximum Gasteiger partial charge on any atom is 0.253 e. The zero-order chi connectivity index (χ0) is 54.0. The number of nitrogens with zero attached hydrogens (tertiary/aromatic N) is 7. The molecule has 1 saturated carbocycles. The molecule has 16 nitrogen and oxygen atoms in total. The number of piperazine rings is 1. The highest BCUT2D eigenvalue weighted by atomic mass is 35.5. The van der Waals surface area contributed by atoms with Crippen molar-refractivity contribution in [3.05, 3.63) is 93.7 Å². The molecule has 0 radical (unpaired) electrons. The number of ether oxygens (including phenoxy) is 1. The topological polar surface area (TPSA) is 196 Å². The number of hydrogen-bond acceptors (Lipinski definition) is 13. The number of carbonyl (C=O) groups is 4. The first-order valence-corrected chi connectivity index (χ1v) is 27.7. The number of aryl methyl sites for hydroxylation is 1. The average molecular weight is 1060 g/mol. The van der Waals surface area contributed by atoms with Crippen molar-refractivity contribution in [3.63, 3.8) is 0 Å². The molecule has 8 rings (SSSR count). The number of likely N-dealkylation sites (tertiary alicyclic amines) is 2. The predicted molar refractivity (Wildman–Crippen MR) is 292 cm³/mol. The molecule has 18 heteroatoms. The normalized spacial score (nSPS) is 22.9.